The van der Waals surface area contributed by atoms with Crippen LogP contribution in [0.15, 0.2) is 30.5 Å². The number of hydrogen-bond acceptors (Lipinski definition) is 5. The predicted octanol–water partition coefficient (Wildman–Crippen LogP) is 1.59. The van der Waals surface area contributed by atoms with E-state index in [1.165, 1.54) is 0 Å². The van der Waals surface area contributed by atoms with Gasteiger partial charge in [0.05, 0.1) is 18.3 Å². The highest BCUT2D eigenvalue weighted by Gasteiger charge is 2.18. The molecule has 1 atom stereocenters. The van der Waals surface area contributed by atoms with Gasteiger partial charge in [-0.25, -0.2) is 0 Å². The lowest BCUT2D eigenvalue weighted by Gasteiger charge is -2.18. The molecule has 0 saturated carbocycles. The molecule has 2 heterocycles. The van der Waals surface area contributed by atoms with Crippen LogP contribution >= 0.6 is 0 Å². The number of carbonyl (C=O) groups excluding carboxylic acids is 1. The molecule has 0 saturated heterocycles. The van der Waals surface area contributed by atoms with Crippen LogP contribution in [0.25, 0.3) is 0 Å². The molecule has 0 radical (unpaired) electrons. The number of nitrogens with zero attached hydrogens (tertiary/aromatic N) is 2. The van der Waals surface area contributed by atoms with E-state index in [9.17, 15) is 4.79 Å². The van der Waals surface area contributed by atoms with Crippen molar-refractivity contribution in [2.45, 2.75) is 18.9 Å². The molecule has 1 amide bonds. The molecule has 1 N–H and O–H groups in total. The number of fused-ring (bicyclic) bond motifs is 1. The number of aromatic nitrogens is 2. The van der Waals surface area contributed by atoms with E-state index >= 15 is 0 Å². The zero-order valence-corrected chi connectivity index (χ0v) is 13.8. The van der Waals surface area contributed by atoms with E-state index in [4.69, 9.17) is 14.2 Å². The van der Waals surface area contributed by atoms with E-state index in [0.29, 0.717) is 19.4 Å². The van der Waals surface area contributed by atoms with Crippen molar-refractivity contribution < 1.29 is 19.0 Å². The van der Waals surface area contributed by atoms with Gasteiger partial charge in [0.1, 0.15) is 0 Å². The predicted molar refractivity (Wildman–Crippen MR) is 86.9 cm³/mol. The second-order valence-electron chi connectivity index (χ2n) is 5.64. The number of hydrogen-bond donors (Lipinski definition) is 1. The van der Waals surface area contributed by atoms with Gasteiger partial charge in [0.2, 0.25) is 12.7 Å². The number of aryl methyl sites for hydroxylation is 2. The Morgan fingerprint density at radius 1 is 1.38 bits per heavy atom. The van der Waals surface area contributed by atoms with Crippen molar-refractivity contribution in [2.24, 2.45) is 7.05 Å². The van der Waals surface area contributed by atoms with Gasteiger partial charge < -0.3 is 19.5 Å². The Labute approximate surface area is 140 Å². The van der Waals surface area contributed by atoms with Crippen LogP contribution in [0, 0.1) is 0 Å². The first kappa shape index (κ1) is 16.3. The third-order valence-electron chi connectivity index (χ3n) is 3.96. The molecule has 3 rings (SSSR count). The molecule has 1 aromatic heterocycles. The minimum absolute atomic E-state index is 0.0316. The Bertz CT molecular complexity index is 714. The molecule has 0 unspecified atom stereocenters. The normalized spacial score (nSPS) is 13.8. The molecule has 24 heavy (non-hydrogen) atoms. The van der Waals surface area contributed by atoms with Crippen LogP contribution in [-0.2, 0) is 23.0 Å². The van der Waals surface area contributed by atoms with Crippen LogP contribution in [0.2, 0.25) is 0 Å². The lowest BCUT2D eigenvalue weighted by atomic mass is 10.1. The second kappa shape index (κ2) is 7.35. The van der Waals surface area contributed by atoms with Gasteiger partial charge in [0.15, 0.2) is 11.5 Å². The summed E-state index contributed by atoms with van der Waals surface area (Å²) >= 11 is 0. The third kappa shape index (κ3) is 3.68. The first-order valence-electron chi connectivity index (χ1n) is 7.82. The van der Waals surface area contributed by atoms with E-state index in [-0.39, 0.29) is 18.7 Å². The number of amides is 1. The van der Waals surface area contributed by atoms with E-state index < -0.39 is 0 Å². The number of benzene rings is 1. The molecule has 0 aliphatic carbocycles. The van der Waals surface area contributed by atoms with Gasteiger partial charge in [-0.15, -0.1) is 0 Å². The number of methoxy groups -OCH3 is 1. The summed E-state index contributed by atoms with van der Waals surface area (Å²) in [6.07, 6.45) is 2.72. The minimum Gasteiger partial charge on any atom is -0.454 e. The zero-order valence-electron chi connectivity index (χ0n) is 13.8. The smallest absolute Gasteiger partial charge is 0.231 e. The van der Waals surface area contributed by atoms with Crippen molar-refractivity contribution in [1.82, 2.24) is 15.1 Å². The summed E-state index contributed by atoms with van der Waals surface area (Å²) in [6.45, 7) is 0.651. The first-order chi connectivity index (χ1) is 11.7. The molecule has 1 aliphatic heterocycles. The molecular weight excluding hydrogens is 310 g/mol. The van der Waals surface area contributed by atoms with E-state index in [1.807, 2.05) is 31.3 Å². The van der Waals surface area contributed by atoms with Crippen molar-refractivity contribution in [3.63, 3.8) is 0 Å². The van der Waals surface area contributed by atoms with Gasteiger partial charge in [0.25, 0.3) is 0 Å². The average Bonchev–Trinajstić information content (AvgIpc) is 3.20. The summed E-state index contributed by atoms with van der Waals surface area (Å²) < 4.78 is 17.6. The van der Waals surface area contributed by atoms with Crippen LogP contribution in [0.1, 0.15) is 23.7 Å². The summed E-state index contributed by atoms with van der Waals surface area (Å²) in [5.41, 5.74) is 1.95. The fraction of sp³-hybridized carbons (Fsp3) is 0.412. The van der Waals surface area contributed by atoms with Crippen molar-refractivity contribution in [3.05, 3.63) is 41.7 Å². The fourth-order valence-corrected chi connectivity index (χ4v) is 2.71. The maximum Gasteiger partial charge on any atom is 0.231 e. The van der Waals surface area contributed by atoms with Gasteiger partial charge in [-0.1, -0.05) is 6.07 Å². The quantitative estimate of drug-likeness (QED) is 0.834. The topological polar surface area (TPSA) is 74.6 Å². The summed E-state index contributed by atoms with van der Waals surface area (Å²) in [4.78, 5) is 12.3. The Hall–Kier alpha value is -2.54. The molecule has 2 aromatic rings. The largest absolute Gasteiger partial charge is 0.454 e. The molecule has 7 nitrogen and oxygen atoms in total. The van der Waals surface area contributed by atoms with Crippen molar-refractivity contribution in [1.29, 1.82) is 0 Å². The highest BCUT2D eigenvalue weighted by atomic mass is 16.7. The van der Waals surface area contributed by atoms with Crippen molar-refractivity contribution >= 4 is 5.91 Å². The molecule has 0 fully saturated rings. The highest BCUT2D eigenvalue weighted by Crippen LogP contribution is 2.32. The van der Waals surface area contributed by atoms with E-state index in [1.54, 1.807) is 18.0 Å². The number of ether oxygens (including phenoxy) is 3. The Balaban J connectivity index is 1.57. The van der Waals surface area contributed by atoms with Crippen LogP contribution in [0.4, 0.5) is 0 Å². The third-order valence-corrected chi connectivity index (χ3v) is 3.96. The highest BCUT2D eigenvalue weighted by molar-refractivity contribution is 5.76. The van der Waals surface area contributed by atoms with E-state index in [2.05, 4.69) is 10.4 Å². The maximum atomic E-state index is 12.3. The number of carbonyl (C=O) groups is 1. The van der Waals surface area contributed by atoms with Gasteiger partial charge in [-0.2, -0.15) is 5.10 Å². The van der Waals surface area contributed by atoms with Crippen LogP contribution < -0.4 is 14.8 Å². The van der Waals surface area contributed by atoms with Gasteiger partial charge in [-0.3, -0.25) is 9.48 Å². The van der Waals surface area contributed by atoms with Crippen LogP contribution in [0.3, 0.4) is 0 Å². The molecule has 128 valence electrons. The average molecular weight is 331 g/mol. The standard InChI is InChI=1S/C17H21N3O4/c1-20-14(7-8-18-20)13(10-22-2)19-17(21)6-4-12-3-5-15-16(9-12)24-11-23-15/h3,5,7-9,13H,4,6,10-11H2,1-2H3,(H,19,21)/t13-/m1/s1. The monoisotopic (exact) mass is 331 g/mol. The van der Waals surface area contributed by atoms with E-state index in [0.717, 1.165) is 22.8 Å². The zero-order chi connectivity index (χ0) is 16.9. The number of rotatable bonds is 7. The summed E-state index contributed by atoms with van der Waals surface area (Å²) in [6, 6.07) is 7.41. The SMILES string of the molecule is COC[C@@H](NC(=O)CCc1ccc2c(c1)OCO2)c1ccnn1C. The second-order valence-corrected chi connectivity index (χ2v) is 5.64. The number of nitrogens with one attached hydrogen (secondary N) is 1. The fourth-order valence-electron chi connectivity index (χ4n) is 2.71. The Morgan fingerprint density at radius 2 is 2.21 bits per heavy atom. The van der Waals surface area contributed by atoms with Crippen molar-refractivity contribution in [3.8, 4) is 11.5 Å². The molecule has 7 heteroatoms. The van der Waals surface area contributed by atoms with Crippen LogP contribution in [-0.4, -0.2) is 36.2 Å². The summed E-state index contributed by atoms with van der Waals surface area (Å²) in [5.74, 6) is 1.45. The summed E-state index contributed by atoms with van der Waals surface area (Å²) in [5, 5.41) is 7.14. The van der Waals surface area contributed by atoms with Gasteiger partial charge in [-0.05, 0) is 30.2 Å². The lowest BCUT2D eigenvalue weighted by Crippen LogP contribution is -2.32. The molecule has 1 aliphatic rings. The first-order valence-corrected chi connectivity index (χ1v) is 7.82. The van der Waals surface area contributed by atoms with Gasteiger partial charge >= 0.3 is 0 Å². The molecule has 0 bridgehead atoms. The Kier molecular flexibility index (Phi) is 5.00. The maximum absolute atomic E-state index is 12.3. The summed E-state index contributed by atoms with van der Waals surface area (Å²) in [7, 11) is 3.46. The van der Waals surface area contributed by atoms with Crippen molar-refractivity contribution in [2.75, 3.05) is 20.5 Å². The molecular formula is C17H21N3O4. The van der Waals surface area contributed by atoms with Gasteiger partial charge in [0, 0.05) is 26.8 Å². The Morgan fingerprint density at radius 3 is 2.96 bits per heavy atom. The van der Waals surface area contributed by atoms with Crippen LogP contribution in [0.5, 0.6) is 11.5 Å². The minimum atomic E-state index is -0.216. The lowest BCUT2D eigenvalue weighted by molar-refractivity contribution is -0.122. The molecule has 1 aromatic carbocycles. The molecule has 0 spiro atoms.